The van der Waals surface area contributed by atoms with Crippen LogP contribution in [0.1, 0.15) is 30.3 Å². The van der Waals surface area contributed by atoms with Crippen LogP contribution in [0.5, 0.6) is 5.75 Å². The third kappa shape index (κ3) is 2.79. The van der Waals surface area contributed by atoms with E-state index in [4.69, 9.17) is 9.73 Å². The first-order valence-corrected chi connectivity index (χ1v) is 9.88. The number of aliphatic imine (C=N–C) groups is 1. The number of ether oxygens (including phenoxy) is 1. The molecular formula is C18H18IN3OS. The van der Waals surface area contributed by atoms with Crippen molar-refractivity contribution in [3.63, 3.8) is 0 Å². The van der Waals surface area contributed by atoms with E-state index in [0.29, 0.717) is 5.25 Å². The van der Waals surface area contributed by atoms with Crippen LogP contribution in [0.2, 0.25) is 0 Å². The lowest BCUT2D eigenvalue weighted by Gasteiger charge is -2.27. The average molecular weight is 451 g/mol. The van der Waals surface area contributed by atoms with Gasteiger partial charge in [-0.05, 0) is 52.4 Å². The fourth-order valence-corrected chi connectivity index (χ4v) is 5.20. The van der Waals surface area contributed by atoms with E-state index >= 15 is 0 Å². The van der Waals surface area contributed by atoms with E-state index in [1.807, 2.05) is 30.1 Å². The lowest BCUT2D eigenvalue weighted by Crippen LogP contribution is -2.28. The summed E-state index contributed by atoms with van der Waals surface area (Å²) in [6.45, 7) is 3.29. The van der Waals surface area contributed by atoms with Crippen molar-refractivity contribution in [3.8, 4) is 5.75 Å². The van der Waals surface area contributed by atoms with Crippen LogP contribution in [0, 0.1) is 3.57 Å². The molecule has 0 spiro atoms. The summed E-state index contributed by atoms with van der Waals surface area (Å²) in [5.41, 5.74) is 2.30. The van der Waals surface area contributed by atoms with E-state index in [9.17, 15) is 0 Å². The number of fused-ring (bicyclic) bond motifs is 1. The quantitative estimate of drug-likeness (QED) is 0.653. The Labute approximate surface area is 159 Å². The minimum absolute atomic E-state index is 0.0467. The van der Waals surface area contributed by atoms with Crippen LogP contribution < -0.4 is 4.74 Å². The molecule has 124 valence electrons. The first kappa shape index (κ1) is 16.2. The number of methoxy groups -OCH3 is 1. The number of amidine groups is 1. The molecule has 0 amide bonds. The number of halogens is 1. The maximum absolute atomic E-state index is 5.41. The van der Waals surface area contributed by atoms with Gasteiger partial charge in [-0.2, -0.15) is 0 Å². The van der Waals surface area contributed by atoms with Crippen molar-refractivity contribution in [1.82, 2.24) is 9.88 Å². The minimum atomic E-state index is 0.0467. The molecule has 3 unspecified atom stereocenters. The molecule has 3 heterocycles. The maximum Gasteiger partial charge on any atom is 0.160 e. The molecule has 0 saturated carbocycles. The van der Waals surface area contributed by atoms with Gasteiger partial charge in [-0.3, -0.25) is 9.98 Å². The molecule has 0 aliphatic carbocycles. The molecular weight excluding hydrogens is 433 g/mol. The van der Waals surface area contributed by atoms with Crippen LogP contribution in [0.3, 0.4) is 0 Å². The third-order valence-corrected chi connectivity index (χ3v) is 6.34. The van der Waals surface area contributed by atoms with Gasteiger partial charge < -0.3 is 9.64 Å². The lowest BCUT2D eigenvalue weighted by atomic mass is 9.96. The Morgan fingerprint density at radius 1 is 1.29 bits per heavy atom. The summed E-state index contributed by atoms with van der Waals surface area (Å²) in [7, 11) is 1.71. The smallest absolute Gasteiger partial charge is 0.160 e. The Bertz CT molecular complexity index is 783. The second-order valence-corrected chi connectivity index (χ2v) is 8.60. The van der Waals surface area contributed by atoms with Crippen LogP contribution in [-0.4, -0.2) is 34.0 Å². The fraction of sp³-hybridized carbons (Fsp3) is 0.333. The summed E-state index contributed by atoms with van der Waals surface area (Å²) < 4.78 is 6.54. The molecule has 2 aromatic rings. The maximum atomic E-state index is 5.41. The number of thioether (sulfide) groups is 1. The third-order valence-electron chi connectivity index (χ3n) is 4.40. The zero-order valence-electron chi connectivity index (χ0n) is 13.5. The van der Waals surface area contributed by atoms with Crippen LogP contribution in [0.15, 0.2) is 47.6 Å². The van der Waals surface area contributed by atoms with Gasteiger partial charge in [-0.15, -0.1) is 0 Å². The number of aromatic nitrogens is 1. The lowest BCUT2D eigenvalue weighted by molar-refractivity contribution is 0.320. The van der Waals surface area contributed by atoms with Gasteiger partial charge in [0.1, 0.15) is 11.8 Å². The normalized spacial score (nSPS) is 25.5. The molecule has 4 rings (SSSR count). The number of hydrogen-bond donors (Lipinski definition) is 0. The van der Waals surface area contributed by atoms with Gasteiger partial charge >= 0.3 is 0 Å². The Hall–Kier alpha value is -1.28. The number of rotatable bonds is 3. The Balaban J connectivity index is 1.77. The van der Waals surface area contributed by atoms with E-state index in [1.54, 1.807) is 7.11 Å². The molecule has 6 heteroatoms. The SMILES string of the molecule is COc1ccc(C2C(c3ccccn3)N=C3SC(C)CN32)cc1I. The predicted molar refractivity (Wildman–Crippen MR) is 107 cm³/mol. The number of hydrogen-bond acceptors (Lipinski definition) is 5. The molecule has 0 bridgehead atoms. The van der Waals surface area contributed by atoms with E-state index in [1.165, 1.54) is 5.56 Å². The molecule has 1 saturated heterocycles. The van der Waals surface area contributed by atoms with Crippen LogP contribution in [0.25, 0.3) is 0 Å². The molecule has 1 aromatic heterocycles. The van der Waals surface area contributed by atoms with Crippen molar-refractivity contribution in [1.29, 1.82) is 0 Å². The Kier molecular flexibility index (Phi) is 4.42. The van der Waals surface area contributed by atoms with Crippen LogP contribution in [0.4, 0.5) is 0 Å². The van der Waals surface area contributed by atoms with Gasteiger partial charge in [0.2, 0.25) is 0 Å². The van der Waals surface area contributed by atoms with E-state index in [-0.39, 0.29) is 12.1 Å². The van der Waals surface area contributed by atoms with Crippen LogP contribution in [-0.2, 0) is 0 Å². The zero-order chi connectivity index (χ0) is 16.7. The summed E-state index contributed by atoms with van der Waals surface area (Å²) in [6.07, 6.45) is 1.85. The molecule has 3 atom stereocenters. The van der Waals surface area contributed by atoms with Gasteiger partial charge in [0.15, 0.2) is 5.17 Å². The van der Waals surface area contributed by atoms with Gasteiger partial charge in [0.05, 0.1) is 22.4 Å². The molecule has 1 fully saturated rings. The summed E-state index contributed by atoms with van der Waals surface area (Å²) >= 11 is 4.20. The summed E-state index contributed by atoms with van der Waals surface area (Å²) in [5, 5.41) is 1.72. The summed E-state index contributed by atoms with van der Waals surface area (Å²) in [6, 6.07) is 12.7. The van der Waals surface area contributed by atoms with Gasteiger partial charge in [-0.25, -0.2) is 0 Å². The highest BCUT2D eigenvalue weighted by atomic mass is 127. The second kappa shape index (κ2) is 6.55. The Morgan fingerprint density at radius 3 is 2.88 bits per heavy atom. The van der Waals surface area contributed by atoms with Crippen molar-refractivity contribution < 1.29 is 4.74 Å². The molecule has 1 aromatic carbocycles. The minimum Gasteiger partial charge on any atom is -0.496 e. The van der Waals surface area contributed by atoms with Crippen molar-refractivity contribution in [2.45, 2.75) is 24.3 Å². The van der Waals surface area contributed by atoms with Gasteiger partial charge in [-0.1, -0.05) is 30.8 Å². The van der Waals surface area contributed by atoms with Crippen molar-refractivity contribution in [2.75, 3.05) is 13.7 Å². The summed E-state index contributed by atoms with van der Waals surface area (Å²) in [5.74, 6) is 0.914. The fourth-order valence-electron chi connectivity index (χ4n) is 3.34. The van der Waals surface area contributed by atoms with Crippen molar-refractivity contribution >= 4 is 39.5 Å². The highest BCUT2D eigenvalue weighted by Crippen LogP contribution is 2.47. The summed E-state index contributed by atoms with van der Waals surface area (Å²) in [4.78, 5) is 12.0. The van der Waals surface area contributed by atoms with Crippen molar-refractivity contribution in [2.24, 2.45) is 4.99 Å². The zero-order valence-corrected chi connectivity index (χ0v) is 16.5. The topological polar surface area (TPSA) is 37.7 Å². The first-order valence-electron chi connectivity index (χ1n) is 7.93. The van der Waals surface area contributed by atoms with Gasteiger partial charge in [0.25, 0.3) is 0 Å². The molecule has 0 radical (unpaired) electrons. The highest BCUT2D eigenvalue weighted by molar-refractivity contribution is 14.1. The number of pyridine rings is 1. The van der Waals surface area contributed by atoms with E-state index in [0.717, 1.165) is 26.7 Å². The average Bonchev–Trinajstić information content (AvgIpc) is 3.11. The molecule has 2 aliphatic heterocycles. The first-order chi connectivity index (χ1) is 11.7. The molecule has 24 heavy (non-hydrogen) atoms. The number of nitrogens with zero attached hydrogens (tertiary/aromatic N) is 3. The largest absolute Gasteiger partial charge is 0.496 e. The molecule has 2 aliphatic rings. The van der Waals surface area contributed by atoms with Crippen molar-refractivity contribution in [3.05, 3.63) is 57.4 Å². The highest BCUT2D eigenvalue weighted by Gasteiger charge is 2.43. The van der Waals surface area contributed by atoms with E-state index < -0.39 is 0 Å². The Morgan fingerprint density at radius 2 is 2.17 bits per heavy atom. The standard InChI is InChI=1S/C18H18IN3OS/c1-11-10-22-17(12-6-7-15(23-2)13(19)9-12)16(21-18(22)24-11)14-5-3-4-8-20-14/h3-9,11,16-17H,10H2,1-2H3. The van der Waals surface area contributed by atoms with Crippen LogP contribution >= 0.6 is 34.4 Å². The monoisotopic (exact) mass is 451 g/mol. The number of benzene rings is 1. The predicted octanol–water partition coefficient (Wildman–Crippen LogP) is 4.28. The van der Waals surface area contributed by atoms with E-state index in [2.05, 4.69) is 63.7 Å². The second-order valence-electron chi connectivity index (χ2n) is 6.03. The molecule has 0 N–H and O–H groups in total. The van der Waals surface area contributed by atoms with Gasteiger partial charge in [0, 0.05) is 18.0 Å². The molecule has 4 nitrogen and oxygen atoms in total.